The molecule has 3 aliphatic heterocycles. The van der Waals surface area contributed by atoms with Crippen LogP contribution in [0.1, 0.15) is 90.1 Å². The third kappa shape index (κ3) is 3.56. The largest absolute Gasteiger partial charge is 0.458 e. The van der Waals surface area contributed by atoms with Gasteiger partial charge in [0, 0.05) is 11.0 Å². The van der Waals surface area contributed by atoms with Crippen LogP contribution >= 0.6 is 0 Å². The van der Waals surface area contributed by atoms with Crippen LogP contribution in [-0.2, 0) is 23.7 Å². The summed E-state index contributed by atoms with van der Waals surface area (Å²) < 4.78 is 25.0. The zero-order chi connectivity index (χ0) is 24.6. The molecule has 190 valence electrons. The molecule has 8 unspecified atom stereocenters. The van der Waals surface area contributed by atoms with Gasteiger partial charge in [0.05, 0.1) is 30.0 Å². The fraction of sp³-hybridized carbons (Fsp3) is 0.700. The Labute approximate surface area is 209 Å². The lowest BCUT2D eigenvalue weighted by molar-refractivity contribution is -0.314. The summed E-state index contributed by atoms with van der Waals surface area (Å²) in [6, 6.07) is 8.74. The van der Waals surface area contributed by atoms with Gasteiger partial charge in [0.25, 0.3) is 0 Å². The third-order valence-corrected chi connectivity index (χ3v) is 10.4. The van der Waals surface area contributed by atoms with Gasteiger partial charge >= 0.3 is 5.97 Å². The first kappa shape index (κ1) is 23.7. The molecule has 5 aliphatic rings. The number of rotatable bonds is 3. The van der Waals surface area contributed by atoms with Crippen molar-refractivity contribution in [2.75, 3.05) is 13.2 Å². The van der Waals surface area contributed by atoms with E-state index in [-0.39, 0.29) is 40.9 Å². The Bertz CT molecular complexity index is 1030. The molecule has 0 spiro atoms. The number of benzene rings is 1. The van der Waals surface area contributed by atoms with Crippen LogP contribution in [0.3, 0.4) is 0 Å². The van der Waals surface area contributed by atoms with E-state index >= 15 is 0 Å². The predicted molar refractivity (Wildman–Crippen MR) is 133 cm³/mol. The van der Waals surface area contributed by atoms with Crippen molar-refractivity contribution < 1.29 is 23.7 Å². The normalized spacial score (nSPS) is 44.9. The summed E-state index contributed by atoms with van der Waals surface area (Å²) in [5.41, 5.74) is 3.11. The monoisotopic (exact) mass is 480 g/mol. The lowest BCUT2D eigenvalue weighted by atomic mass is 9.44. The molecule has 35 heavy (non-hydrogen) atoms. The SMILES string of the molecule is CC(C)c1ccc(C2OCC3(C)C(CCC4(C)C5CC(C6=CCOC6=O)OC5(C)CCC34)O2)cc1. The fourth-order valence-electron chi connectivity index (χ4n) is 8.45. The first-order chi connectivity index (χ1) is 16.6. The Balaban J connectivity index is 1.22. The van der Waals surface area contributed by atoms with Crippen LogP contribution < -0.4 is 0 Å². The van der Waals surface area contributed by atoms with Gasteiger partial charge in [-0.3, -0.25) is 0 Å². The molecule has 6 rings (SSSR count). The number of hydrogen-bond acceptors (Lipinski definition) is 5. The van der Waals surface area contributed by atoms with E-state index in [1.54, 1.807) is 0 Å². The van der Waals surface area contributed by atoms with Crippen molar-refractivity contribution >= 4 is 5.97 Å². The van der Waals surface area contributed by atoms with E-state index in [0.717, 1.165) is 49.8 Å². The van der Waals surface area contributed by atoms with Crippen molar-refractivity contribution in [2.45, 2.75) is 96.7 Å². The maximum Gasteiger partial charge on any atom is 0.336 e. The number of carbonyl (C=O) groups excluding carboxylic acids is 1. The molecule has 8 atom stereocenters. The van der Waals surface area contributed by atoms with Crippen LogP contribution in [0.5, 0.6) is 0 Å². The highest BCUT2D eigenvalue weighted by atomic mass is 16.7. The van der Waals surface area contributed by atoms with E-state index < -0.39 is 0 Å². The van der Waals surface area contributed by atoms with Crippen LogP contribution in [0.15, 0.2) is 35.9 Å². The predicted octanol–water partition coefficient (Wildman–Crippen LogP) is 6.09. The molecule has 5 heteroatoms. The lowest BCUT2D eigenvalue weighted by Gasteiger charge is -2.64. The summed E-state index contributed by atoms with van der Waals surface area (Å²) in [4.78, 5) is 12.3. The van der Waals surface area contributed by atoms with Gasteiger partial charge in [-0.2, -0.15) is 0 Å². The summed E-state index contributed by atoms with van der Waals surface area (Å²) >= 11 is 0. The number of ether oxygens (including phenoxy) is 4. The van der Waals surface area contributed by atoms with Crippen LogP contribution in [0.2, 0.25) is 0 Å². The number of fused-ring (bicyclic) bond motifs is 5. The molecular weight excluding hydrogens is 440 g/mol. The van der Waals surface area contributed by atoms with E-state index in [4.69, 9.17) is 18.9 Å². The Morgan fingerprint density at radius 3 is 2.43 bits per heavy atom. The van der Waals surface area contributed by atoms with E-state index in [0.29, 0.717) is 24.4 Å². The maximum atomic E-state index is 12.3. The molecular formula is C30H40O5. The molecule has 5 nitrogen and oxygen atoms in total. The van der Waals surface area contributed by atoms with Crippen molar-refractivity contribution in [1.82, 2.24) is 0 Å². The second-order valence-corrected chi connectivity index (χ2v) is 12.7. The average Bonchev–Trinajstić information content (AvgIpc) is 3.42. The molecule has 0 radical (unpaired) electrons. The minimum Gasteiger partial charge on any atom is -0.458 e. The van der Waals surface area contributed by atoms with Crippen LogP contribution in [0.4, 0.5) is 0 Å². The molecule has 0 amide bonds. The minimum absolute atomic E-state index is 0.0215. The molecule has 1 aromatic rings. The second kappa shape index (κ2) is 8.16. The lowest BCUT2D eigenvalue weighted by Crippen LogP contribution is -2.63. The summed E-state index contributed by atoms with van der Waals surface area (Å²) in [6.45, 7) is 12.7. The van der Waals surface area contributed by atoms with Crippen molar-refractivity contribution in [3.8, 4) is 0 Å². The van der Waals surface area contributed by atoms with Crippen molar-refractivity contribution in [1.29, 1.82) is 0 Å². The molecule has 2 saturated heterocycles. The Morgan fingerprint density at radius 2 is 1.74 bits per heavy atom. The number of cyclic esters (lactones) is 1. The van der Waals surface area contributed by atoms with Gasteiger partial charge in [0.1, 0.15) is 6.61 Å². The zero-order valence-corrected chi connectivity index (χ0v) is 21.8. The highest BCUT2D eigenvalue weighted by molar-refractivity contribution is 5.91. The quantitative estimate of drug-likeness (QED) is 0.490. The highest BCUT2D eigenvalue weighted by Gasteiger charge is 2.66. The zero-order valence-electron chi connectivity index (χ0n) is 21.8. The molecule has 2 aliphatic carbocycles. The third-order valence-electron chi connectivity index (χ3n) is 10.4. The first-order valence-corrected chi connectivity index (χ1v) is 13.6. The van der Waals surface area contributed by atoms with Crippen molar-refractivity contribution in [2.24, 2.45) is 22.7 Å². The van der Waals surface area contributed by atoms with Gasteiger partial charge in [-0.05, 0) is 73.8 Å². The highest BCUT2D eigenvalue weighted by Crippen LogP contribution is 2.67. The van der Waals surface area contributed by atoms with Gasteiger partial charge in [-0.1, -0.05) is 52.0 Å². The van der Waals surface area contributed by atoms with Crippen LogP contribution in [-0.4, -0.2) is 37.0 Å². The number of hydrogen-bond donors (Lipinski definition) is 0. The first-order valence-electron chi connectivity index (χ1n) is 13.6. The Kier molecular flexibility index (Phi) is 5.52. The Morgan fingerprint density at radius 1 is 0.971 bits per heavy atom. The van der Waals surface area contributed by atoms with E-state index in [2.05, 4.69) is 58.9 Å². The fourth-order valence-corrected chi connectivity index (χ4v) is 8.45. The summed E-state index contributed by atoms with van der Waals surface area (Å²) in [5, 5.41) is 0. The molecule has 2 saturated carbocycles. The van der Waals surface area contributed by atoms with Crippen LogP contribution in [0.25, 0.3) is 0 Å². The maximum absolute atomic E-state index is 12.3. The van der Waals surface area contributed by atoms with Crippen LogP contribution in [0, 0.1) is 22.7 Å². The van der Waals surface area contributed by atoms with Crippen molar-refractivity contribution in [3.05, 3.63) is 47.0 Å². The summed E-state index contributed by atoms with van der Waals surface area (Å²) in [5.74, 6) is 1.23. The topological polar surface area (TPSA) is 54.0 Å². The smallest absolute Gasteiger partial charge is 0.336 e. The molecule has 1 aromatic carbocycles. The van der Waals surface area contributed by atoms with Gasteiger partial charge in [-0.15, -0.1) is 0 Å². The molecule has 4 fully saturated rings. The summed E-state index contributed by atoms with van der Waals surface area (Å²) in [6.07, 6.45) is 6.86. The van der Waals surface area contributed by atoms with Crippen molar-refractivity contribution in [3.63, 3.8) is 0 Å². The van der Waals surface area contributed by atoms with Gasteiger partial charge in [0.15, 0.2) is 6.29 Å². The van der Waals surface area contributed by atoms with E-state index in [1.807, 2.05) is 6.08 Å². The number of carbonyl (C=O) groups is 1. The molecule has 3 heterocycles. The minimum atomic E-state index is -0.285. The van der Waals surface area contributed by atoms with E-state index in [1.165, 1.54) is 5.56 Å². The van der Waals surface area contributed by atoms with Gasteiger partial charge in [-0.25, -0.2) is 4.79 Å². The molecule has 0 aromatic heterocycles. The van der Waals surface area contributed by atoms with Gasteiger partial charge in [0.2, 0.25) is 0 Å². The average molecular weight is 481 g/mol. The Hall–Kier alpha value is -1.69. The number of esters is 1. The van der Waals surface area contributed by atoms with Gasteiger partial charge < -0.3 is 18.9 Å². The second-order valence-electron chi connectivity index (χ2n) is 12.7. The summed E-state index contributed by atoms with van der Waals surface area (Å²) in [7, 11) is 0. The molecule has 0 N–H and O–H groups in total. The molecule has 0 bridgehead atoms. The van der Waals surface area contributed by atoms with E-state index in [9.17, 15) is 4.79 Å². The standard InChI is InChI=1S/C30H40O5/c1-18(2)19-6-8-20(9-7-19)27-33-17-29(4)23-10-14-30(5)24(28(23,3)13-11-25(29)34-27)16-22(35-30)21-12-15-32-26(21)31/h6-9,12,18,22-25,27H,10-11,13-17H2,1-5H3.